The molecule has 6 heteroatoms. The van der Waals surface area contributed by atoms with E-state index in [2.05, 4.69) is 4.90 Å². The van der Waals surface area contributed by atoms with E-state index in [1.165, 1.54) is 56.5 Å². The van der Waals surface area contributed by atoms with Gasteiger partial charge in [-0.25, -0.2) is 0 Å². The van der Waals surface area contributed by atoms with Crippen LogP contribution in [-0.2, 0) is 0 Å². The molecule has 1 saturated carbocycles. The third kappa shape index (κ3) is 6.29. The van der Waals surface area contributed by atoms with Crippen molar-refractivity contribution in [3.05, 3.63) is 77.9 Å². The number of ketones is 1. The van der Waals surface area contributed by atoms with Crippen LogP contribution in [0.25, 0.3) is 20.5 Å². The first-order valence-corrected chi connectivity index (χ1v) is 15.8. The second-order valence-corrected chi connectivity index (χ2v) is 12.7. The zero-order valence-electron chi connectivity index (χ0n) is 24.0. The summed E-state index contributed by atoms with van der Waals surface area (Å²) in [5, 5.41) is 11.0. The molecular formula is C35H39NO4S. The van der Waals surface area contributed by atoms with Crippen molar-refractivity contribution in [3.63, 3.8) is 0 Å². The maximum Gasteiger partial charge on any atom is 0.195 e. The molecule has 2 fully saturated rings. The van der Waals surface area contributed by atoms with Crippen LogP contribution in [0.1, 0.15) is 74.7 Å². The number of fused-ring (bicyclic) bond motifs is 1. The monoisotopic (exact) mass is 569 g/mol. The number of thiophene rings is 1. The molecule has 2 atom stereocenters. The molecular weight excluding hydrogens is 530 g/mol. The van der Waals surface area contributed by atoms with E-state index in [9.17, 15) is 9.90 Å². The van der Waals surface area contributed by atoms with Crippen molar-refractivity contribution in [2.75, 3.05) is 13.1 Å². The largest absolute Gasteiger partial charge is 0.508 e. The lowest BCUT2D eigenvalue weighted by atomic mass is 9.97. The van der Waals surface area contributed by atoms with E-state index < -0.39 is 0 Å². The summed E-state index contributed by atoms with van der Waals surface area (Å²) < 4.78 is 13.2. The van der Waals surface area contributed by atoms with Crippen LogP contribution >= 0.6 is 11.3 Å². The van der Waals surface area contributed by atoms with E-state index >= 15 is 0 Å². The number of hydrogen-bond donors (Lipinski definition) is 1. The van der Waals surface area contributed by atoms with E-state index in [4.69, 9.17) is 9.47 Å². The van der Waals surface area contributed by atoms with Crippen molar-refractivity contribution in [3.8, 4) is 27.7 Å². The van der Waals surface area contributed by atoms with E-state index in [0.29, 0.717) is 17.2 Å². The van der Waals surface area contributed by atoms with Gasteiger partial charge in [0, 0.05) is 32.1 Å². The van der Waals surface area contributed by atoms with Gasteiger partial charge in [-0.2, -0.15) is 0 Å². The van der Waals surface area contributed by atoms with E-state index in [1.54, 1.807) is 12.1 Å². The van der Waals surface area contributed by atoms with Crippen molar-refractivity contribution in [1.82, 2.24) is 4.90 Å². The molecule has 2 heterocycles. The van der Waals surface area contributed by atoms with Crippen molar-refractivity contribution in [2.45, 2.75) is 77.0 Å². The topological polar surface area (TPSA) is 59.0 Å². The molecule has 41 heavy (non-hydrogen) atoms. The highest BCUT2D eigenvalue weighted by Crippen LogP contribution is 2.41. The minimum absolute atomic E-state index is 0.0328. The molecule has 0 bridgehead atoms. The maximum absolute atomic E-state index is 14.0. The third-order valence-electron chi connectivity index (χ3n) is 8.31. The van der Waals surface area contributed by atoms with Gasteiger partial charge in [0.15, 0.2) is 5.78 Å². The quantitative estimate of drug-likeness (QED) is 0.170. The van der Waals surface area contributed by atoms with Gasteiger partial charge in [0.2, 0.25) is 0 Å². The Kier molecular flexibility index (Phi) is 8.31. The molecule has 214 valence electrons. The molecule has 2 aliphatic rings. The van der Waals surface area contributed by atoms with Crippen molar-refractivity contribution < 1.29 is 19.4 Å². The standard InChI is InChI=1S/C35H39NO4S/c1-23(2)39-28-16-11-25(12-17-28)35-33(31-18-13-27(37)22-32(31)41-35)34(38)24-9-14-29(15-10-24)40-30-8-4-3-7-26(21-30)36-19-5-6-20-36/h9-18,22-23,26,30,37H,3-8,19-21H2,1-2H3. The number of nitrogens with zero attached hydrogens (tertiary/aromatic N) is 1. The molecule has 1 aliphatic heterocycles. The molecule has 0 radical (unpaired) electrons. The van der Waals surface area contributed by atoms with E-state index in [1.807, 2.05) is 68.4 Å². The molecule has 3 aromatic carbocycles. The lowest BCUT2D eigenvalue weighted by molar-refractivity contribution is 0.104. The lowest BCUT2D eigenvalue weighted by Gasteiger charge is -2.29. The van der Waals surface area contributed by atoms with Crippen LogP contribution in [0.2, 0.25) is 0 Å². The Hall–Kier alpha value is -3.35. The SMILES string of the molecule is CC(C)Oc1ccc(-c2sc3cc(O)ccc3c2C(=O)c2ccc(OC3CCCCC(N4CCCC4)C3)cc2)cc1. The van der Waals surface area contributed by atoms with Gasteiger partial charge in [-0.3, -0.25) is 4.79 Å². The van der Waals surface area contributed by atoms with Gasteiger partial charge in [-0.15, -0.1) is 11.3 Å². The highest BCUT2D eigenvalue weighted by atomic mass is 32.1. The Morgan fingerprint density at radius 2 is 1.61 bits per heavy atom. The summed E-state index contributed by atoms with van der Waals surface area (Å²) in [4.78, 5) is 17.6. The molecule has 0 spiro atoms. The van der Waals surface area contributed by atoms with Gasteiger partial charge >= 0.3 is 0 Å². The average Bonchev–Trinajstić information content (AvgIpc) is 3.57. The molecule has 1 saturated heterocycles. The van der Waals surface area contributed by atoms with E-state index in [0.717, 1.165) is 44.9 Å². The van der Waals surface area contributed by atoms with Crippen LogP contribution in [-0.4, -0.2) is 47.1 Å². The zero-order chi connectivity index (χ0) is 28.3. The van der Waals surface area contributed by atoms with Crippen LogP contribution in [0.4, 0.5) is 0 Å². The fourth-order valence-electron chi connectivity index (χ4n) is 6.33. The Morgan fingerprint density at radius 1 is 0.902 bits per heavy atom. The van der Waals surface area contributed by atoms with Gasteiger partial charge in [0.25, 0.3) is 0 Å². The fourth-order valence-corrected chi connectivity index (χ4v) is 7.57. The summed E-state index contributed by atoms with van der Waals surface area (Å²) >= 11 is 1.52. The number of likely N-dealkylation sites (tertiary alicyclic amines) is 1. The van der Waals surface area contributed by atoms with Gasteiger partial charge in [0.1, 0.15) is 23.4 Å². The number of hydrogen-bond acceptors (Lipinski definition) is 6. The number of phenols is 1. The molecule has 2 unspecified atom stereocenters. The van der Waals surface area contributed by atoms with Gasteiger partial charge in [0.05, 0.1) is 6.10 Å². The second-order valence-electron chi connectivity index (χ2n) is 11.7. The number of ether oxygens (including phenoxy) is 2. The fraction of sp³-hybridized carbons (Fsp3) is 0.400. The molecule has 4 aromatic rings. The normalized spacial score (nSPS) is 19.9. The number of carbonyl (C=O) groups excluding carboxylic acids is 1. The smallest absolute Gasteiger partial charge is 0.195 e. The predicted octanol–water partition coefficient (Wildman–Crippen LogP) is 8.47. The summed E-state index contributed by atoms with van der Waals surface area (Å²) in [5.74, 6) is 1.78. The lowest BCUT2D eigenvalue weighted by Crippen LogP contribution is -2.35. The maximum atomic E-state index is 14.0. The first-order chi connectivity index (χ1) is 19.9. The van der Waals surface area contributed by atoms with Crippen molar-refractivity contribution in [2.24, 2.45) is 0 Å². The van der Waals surface area contributed by atoms with Crippen LogP contribution in [0.3, 0.4) is 0 Å². The number of phenolic OH excluding ortho intramolecular Hbond substituents is 1. The Balaban J connectivity index is 1.24. The minimum Gasteiger partial charge on any atom is -0.508 e. The van der Waals surface area contributed by atoms with Crippen LogP contribution in [0.15, 0.2) is 66.7 Å². The highest BCUT2D eigenvalue weighted by molar-refractivity contribution is 7.22. The third-order valence-corrected chi connectivity index (χ3v) is 9.52. The molecule has 0 amide bonds. The van der Waals surface area contributed by atoms with Gasteiger partial charge in [-0.1, -0.05) is 6.42 Å². The van der Waals surface area contributed by atoms with Crippen LogP contribution in [0, 0.1) is 0 Å². The number of rotatable bonds is 8. The number of aromatic hydroxyl groups is 1. The number of benzene rings is 3. The molecule has 1 aromatic heterocycles. The average molecular weight is 570 g/mol. The second kappa shape index (κ2) is 12.3. The molecule has 5 nitrogen and oxygen atoms in total. The number of carbonyl (C=O) groups is 1. The predicted molar refractivity (Wildman–Crippen MR) is 167 cm³/mol. The minimum atomic E-state index is -0.0328. The summed E-state index contributed by atoms with van der Waals surface area (Å²) in [7, 11) is 0. The Morgan fingerprint density at radius 3 is 2.34 bits per heavy atom. The summed E-state index contributed by atoms with van der Waals surface area (Å²) in [6, 6.07) is 21.4. The Bertz CT molecular complexity index is 1490. The van der Waals surface area contributed by atoms with Crippen LogP contribution in [0.5, 0.6) is 17.2 Å². The summed E-state index contributed by atoms with van der Waals surface area (Å²) in [5.41, 5.74) is 2.24. The Labute approximate surface area is 246 Å². The highest BCUT2D eigenvalue weighted by Gasteiger charge is 2.28. The van der Waals surface area contributed by atoms with Gasteiger partial charge in [-0.05, 0) is 138 Å². The first-order valence-electron chi connectivity index (χ1n) is 15.0. The van der Waals surface area contributed by atoms with E-state index in [-0.39, 0.29) is 23.7 Å². The summed E-state index contributed by atoms with van der Waals surface area (Å²) in [6.07, 6.45) is 8.86. The molecule has 1 N–H and O–H groups in total. The van der Waals surface area contributed by atoms with Gasteiger partial charge < -0.3 is 19.5 Å². The van der Waals surface area contributed by atoms with Crippen molar-refractivity contribution >= 4 is 27.2 Å². The summed E-state index contributed by atoms with van der Waals surface area (Å²) in [6.45, 7) is 6.45. The molecule has 6 rings (SSSR count). The van der Waals surface area contributed by atoms with Crippen molar-refractivity contribution in [1.29, 1.82) is 0 Å². The molecule has 1 aliphatic carbocycles. The van der Waals surface area contributed by atoms with Crippen LogP contribution < -0.4 is 9.47 Å². The zero-order valence-corrected chi connectivity index (χ0v) is 24.8. The first kappa shape index (κ1) is 27.8.